The molecule has 1 aliphatic heterocycles. The van der Waals surface area contributed by atoms with Crippen LogP contribution in [-0.2, 0) is 16.0 Å². The number of hydrogen-bond acceptors (Lipinski definition) is 6. The van der Waals surface area contributed by atoms with Crippen LogP contribution in [-0.4, -0.2) is 40.0 Å². The molecule has 7 nitrogen and oxygen atoms in total. The van der Waals surface area contributed by atoms with E-state index in [0.29, 0.717) is 4.52 Å². The maximum atomic E-state index is 12.7. The number of alkyl halides is 3. The fourth-order valence-electron chi connectivity index (χ4n) is 1.90. The summed E-state index contributed by atoms with van der Waals surface area (Å²) in [6.45, 7) is 0. The van der Waals surface area contributed by atoms with Crippen LogP contribution in [0.25, 0.3) is 5.65 Å². The highest BCUT2D eigenvalue weighted by Crippen LogP contribution is 2.27. The van der Waals surface area contributed by atoms with E-state index in [4.69, 9.17) is 0 Å². The van der Waals surface area contributed by atoms with Crippen LogP contribution in [0.4, 0.5) is 19.0 Å². The molecule has 0 saturated heterocycles. The van der Waals surface area contributed by atoms with Crippen molar-refractivity contribution in [2.75, 3.05) is 11.1 Å². The van der Waals surface area contributed by atoms with Gasteiger partial charge in [-0.05, 0) is 18.2 Å². The molecule has 2 aromatic rings. The van der Waals surface area contributed by atoms with E-state index in [1.165, 1.54) is 18.2 Å². The molecule has 112 valence electrons. The van der Waals surface area contributed by atoms with E-state index in [2.05, 4.69) is 20.6 Å². The first-order chi connectivity index (χ1) is 9.74. The average molecular weight is 319 g/mol. The summed E-state index contributed by atoms with van der Waals surface area (Å²) >= 11 is 0. The van der Waals surface area contributed by atoms with Gasteiger partial charge >= 0.3 is 6.18 Å². The fourth-order valence-corrected chi connectivity index (χ4v) is 3.13. The van der Waals surface area contributed by atoms with Gasteiger partial charge in [-0.2, -0.15) is 17.7 Å². The molecule has 2 aromatic heterocycles. The Balaban J connectivity index is 1.92. The molecule has 11 heteroatoms. The van der Waals surface area contributed by atoms with Crippen molar-refractivity contribution in [3.8, 4) is 0 Å². The van der Waals surface area contributed by atoms with Crippen LogP contribution in [0.5, 0.6) is 0 Å². The maximum Gasteiger partial charge on any atom is 0.453 e. The topological polar surface area (TPSA) is 89.2 Å². The summed E-state index contributed by atoms with van der Waals surface area (Å²) in [7, 11) is -3.26. The van der Waals surface area contributed by atoms with Gasteiger partial charge in [-0.1, -0.05) is 0 Å². The van der Waals surface area contributed by atoms with E-state index in [1.54, 1.807) is 0 Å². The smallest absolute Gasteiger partial charge is 0.361 e. The highest BCUT2D eigenvalue weighted by atomic mass is 32.2. The number of nitrogens with one attached hydrogen (secondary N) is 1. The third-order valence-corrected chi connectivity index (χ3v) is 4.18. The Morgan fingerprint density at radius 1 is 1.29 bits per heavy atom. The first kappa shape index (κ1) is 13.8. The summed E-state index contributed by atoms with van der Waals surface area (Å²) in [6, 6.07) is 2.18. The van der Waals surface area contributed by atoms with E-state index in [0.717, 1.165) is 5.41 Å². The maximum absolute atomic E-state index is 12.7. The summed E-state index contributed by atoms with van der Waals surface area (Å²) in [4.78, 5) is 0. The van der Waals surface area contributed by atoms with E-state index in [1.807, 2.05) is 0 Å². The molecule has 0 aromatic carbocycles. The Hall–Kier alpha value is -2.17. The van der Waals surface area contributed by atoms with Crippen molar-refractivity contribution in [3.05, 3.63) is 29.4 Å². The van der Waals surface area contributed by atoms with Gasteiger partial charge in [0.15, 0.2) is 15.5 Å². The molecule has 0 bridgehead atoms. The lowest BCUT2D eigenvalue weighted by Crippen LogP contribution is -2.22. The molecule has 3 rings (SSSR count). The molecular weight excluding hydrogens is 311 g/mol. The van der Waals surface area contributed by atoms with Gasteiger partial charge in [-0.15, -0.1) is 15.3 Å². The summed E-state index contributed by atoms with van der Waals surface area (Å²) < 4.78 is 61.2. The number of aromatic nitrogens is 4. The third kappa shape index (κ3) is 2.68. The second-order valence-electron chi connectivity index (χ2n) is 4.42. The monoisotopic (exact) mass is 319 g/mol. The third-order valence-electron chi connectivity index (χ3n) is 2.78. The lowest BCUT2D eigenvalue weighted by atomic mass is 10.3. The van der Waals surface area contributed by atoms with Gasteiger partial charge in [0.25, 0.3) is 5.82 Å². The summed E-state index contributed by atoms with van der Waals surface area (Å²) in [5.41, 5.74) is -0.0533. The number of anilines is 1. The number of nitrogens with zero attached hydrogens (tertiary/aromatic N) is 4. The number of sulfone groups is 1. The molecule has 1 atom stereocenters. The van der Waals surface area contributed by atoms with Crippen LogP contribution in [0.1, 0.15) is 5.82 Å². The highest BCUT2D eigenvalue weighted by molar-refractivity contribution is 7.94. The molecule has 21 heavy (non-hydrogen) atoms. The lowest BCUT2D eigenvalue weighted by Gasteiger charge is -2.11. The summed E-state index contributed by atoms with van der Waals surface area (Å²) in [6.07, 6.45) is -3.26. The minimum Gasteiger partial charge on any atom is -0.361 e. The van der Waals surface area contributed by atoms with Crippen molar-refractivity contribution >= 4 is 21.3 Å². The first-order valence-corrected chi connectivity index (χ1v) is 7.43. The number of fused-ring (bicyclic) bond motifs is 1. The predicted molar refractivity (Wildman–Crippen MR) is 66.1 cm³/mol. The Morgan fingerprint density at radius 3 is 2.67 bits per heavy atom. The van der Waals surface area contributed by atoms with E-state index < -0.39 is 27.9 Å². The lowest BCUT2D eigenvalue weighted by molar-refractivity contribution is -0.146. The van der Waals surface area contributed by atoms with Gasteiger partial charge in [0.05, 0.1) is 11.8 Å². The Morgan fingerprint density at radius 2 is 2.05 bits per heavy atom. The second kappa shape index (κ2) is 4.41. The number of hydrogen-bond donors (Lipinski definition) is 1. The molecule has 0 amide bonds. The summed E-state index contributed by atoms with van der Waals surface area (Å²) in [5.74, 6) is -1.31. The van der Waals surface area contributed by atoms with Crippen molar-refractivity contribution in [3.63, 3.8) is 0 Å². The van der Waals surface area contributed by atoms with Gasteiger partial charge in [0, 0.05) is 5.41 Å². The molecule has 0 spiro atoms. The van der Waals surface area contributed by atoms with Crippen LogP contribution in [0.3, 0.4) is 0 Å². The number of rotatable bonds is 2. The van der Waals surface area contributed by atoms with Gasteiger partial charge in [0.2, 0.25) is 0 Å². The zero-order valence-corrected chi connectivity index (χ0v) is 11.1. The van der Waals surface area contributed by atoms with E-state index in [9.17, 15) is 21.6 Å². The van der Waals surface area contributed by atoms with Crippen LogP contribution in [0.15, 0.2) is 23.6 Å². The van der Waals surface area contributed by atoms with Crippen molar-refractivity contribution in [2.45, 2.75) is 12.2 Å². The van der Waals surface area contributed by atoms with E-state index in [-0.39, 0.29) is 17.2 Å². The van der Waals surface area contributed by atoms with E-state index >= 15 is 0 Å². The van der Waals surface area contributed by atoms with Crippen molar-refractivity contribution in [2.24, 2.45) is 0 Å². The molecule has 1 aliphatic rings. The second-order valence-corrected chi connectivity index (χ2v) is 6.35. The SMILES string of the molecule is O=S1(=O)C=CC(Nc2ccc3nnc(C(F)(F)F)n3n2)C1. The molecule has 1 unspecified atom stereocenters. The highest BCUT2D eigenvalue weighted by Gasteiger charge is 2.37. The number of halogens is 3. The minimum absolute atomic E-state index is 0.0533. The van der Waals surface area contributed by atoms with Crippen molar-refractivity contribution in [1.29, 1.82) is 0 Å². The van der Waals surface area contributed by atoms with Gasteiger partial charge < -0.3 is 5.32 Å². The summed E-state index contributed by atoms with van der Waals surface area (Å²) in [5, 5.41) is 14.0. The predicted octanol–water partition coefficient (Wildman–Crippen LogP) is 0.866. The largest absolute Gasteiger partial charge is 0.453 e. The van der Waals surface area contributed by atoms with Crippen LogP contribution < -0.4 is 5.32 Å². The molecule has 0 fully saturated rings. The van der Waals surface area contributed by atoms with Crippen LogP contribution in [0, 0.1) is 0 Å². The molecular formula is C10H8F3N5O2S. The first-order valence-electron chi connectivity index (χ1n) is 5.72. The molecule has 0 radical (unpaired) electrons. The van der Waals surface area contributed by atoms with Crippen molar-refractivity contribution < 1.29 is 21.6 Å². The van der Waals surface area contributed by atoms with Crippen LogP contribution in [0.2, 0.25) is 0 Å². The molecule has 3 heterocycles. The zero-order valence-electron chi connectivity index (χ0n) is 10.2. The standard InChI is InChI=1S/C10H8F3N5O2S/c11-10(12,13)9-16-15-8-2-1-7(17-18(8)9)14-6-3-4-21(19,20)5-6/h1-4,6H,5H2,(H,14,17). The Bertz CT molecular complexity index is 827. The fraction of sp³-hybridized carbons (Fsp3) is 0.300. The Kier molecular flexibility index (Phi) is 2.90. The normalized spacial score (nSPS) is 21.0. The molecule has 1 N–H and O–H groups in total. The zero-order chi connectivity index (χ0) is 15.3. The van der Waals surface area contributed by atoms with Gasteiger partial charge in [-0.25, -0.2) is 8.42 Å². The van der Waals surface area contributed by atoms with Gasteiger partial charge in [0.1, 0.15) is 5.82 Å². The molecule has 0 saturated carbocycles. The minimum atomic E-state index is -4.68. The van der Waals surface area contributed by atoms with Crippen molar-refractivity contribution in [1.82, 2.24) is 19.8 Å². The van der Waals surface area contributed by atoms with Gasteiger partial charge in [-0.3, -0.25) is 0 Å². The average Bonchev–Trinajstić information content (AvgIpc) is 2.91. The Labute approximate surface area is 116 Å². The molecule has 0 aliphatic carbocycles. The quantitative estimate of drug-likeness (QED) is 0.883. The van der Waals surface area contributed by atoms with Crippen LogP contribution >= 0.6 is 0 Å².